The highest BCUT2D eigenvalue weighted by molar-refractivity contribution is 5.80. The van der Waals surface area contributed by atoms with E-state index in [2.05, 4.69) is 10.00 Å². The van der Waals surface area contributed by atoms with Crippen LogP contribution >= 0.6 is 0 Å². The third-order valence-corrected chi connectivity index (χ3v) is 5.28. The van der Waals surface area contributed by atoms with Crippen LogP contribution in [0.15, 0.2) is 18.5 Å². The van der Waals surface area contributed by atoms with Gasteiger partial charge in [-0.15, -0.1) is 0 Å². The zero-order chi connectivity index (χ0) is 13.7. The van der Waals surface area contributed by atoms with E-state index in [0.29, 0.717) is 24.0 Å². The van der Waals surface area contributed by atoms with Gasteiger partial charge in [-0.3, -0.25) is 9.48 Å². The fourth-order valence-corrected chi connectivity index (χ4v) is 4.29. The SMILES string of the molecule is CC[C@@H](C(=O)N1C[C@@H]2[C@H](C1)[C@H]1CC[C@@H]2O1)n1cccn1. The van der Waals surface area contributed by atoms with Crippen molar-refractivity contribution in [2.45, 2.75) is 44.4 Å². The standard InChI is InChI=1S/C15H21N3O2/c1-2-12(18-7-3-6-16-18)15(19)17-8-10-11(9-17)14-5-4-13(10)20-14/h3,6-7,10-14H,2,4-5,8-9H2,1H3/t10-,11+,12-,13+,14-/m0/s1. The molecule has 5 heteroatoms. The number of fused-ring (bicyclic) bond motifs is 5. The van der Waals surface area contributed by atoms with Crippen LogP contribution in [0, 0.1) is 11.8 Å². The van der Waals surface area contributed by atoms with Crippen molar-refractivity contribution in [2.75, 3.05) is 13.1 Å². The number of carbonyl (C=O) groups is 1. The van der Waals surface area contributed by atoms with Crippen molar-refractivity contribution in [3.8, 4) is 0 Å². The molecule has 0 unspecified atom stereocenters. The van der Waals surface area contributed by atoms with Crippen molar-refractivity contribution in [3.63, 3.8) is 0 Å². The summed E-state index contributed by atoms with van der Waals surface area (Å²) in [5.41, 5.74) is 0. The maximum absolute atomic E-state index is 12.8. The Kier molecular flexibility index (Phi) is 2.84. The molecule has 108 valence electrons. The summed E-state index contributed by atoms with van der Waals surface area (Å²) in [4.78, 5) is 14.8. The Morgan fingerprint density at radius 3 is 2.60 bits per heavy atom. The summed E-state index contributed by atoms with van der Waals surface area (Å²) in [6, 6.07) is 1.73. The summed E-state index contributed by atoms with van der Waals surface area (Å²) in [5.74, 6) is 1.38. The van der Waals surface area contributed by atoms with Crippen LogP contribution in [0.25, 0.3) is 0 Å². The molecule has 5 nitrogen and oxygen atoms in total. The maximum atomic E-state index is 12.8. The maximum Gasteiger partial charge on any atom is 0.247 e. The molecule has 3 aliphatic rings. The molecular weight excluding hydrogens is 254 g/mol. The van der Waals surface area contributed by atoms with Crippen molar-refractivity contribution < 1.29 is 9.53 Å². The summed E-state index contributed by atoms with van der Waals surface area (Å²) in [5, 5.41) is 4.24. The topological polar surface area (TPSA) is 47.4 Å². The molecule has 20 heavy (non-hydrogen) atoms. The largest absolute Gasteiger partial charge is 0.374 e. The number of ether oxygens (including phenoxy) is 1. The number of amides is 1. The molecule has 0 spiro atoms. The molecule has 2 bridgehead atoms. The molecule has 3 saturated heterocycles. The van der Waals surface area contributed by atoms with Gasteiger partial charge in [-0.25, -0.2) is 0 Å². The van der Waals surface area contributed by atoms with Gasteiger partial charge in [-0.05, 0) is 25.3 Å². The predicted molar refractivity (Wildman–Crippen MR) is 73.0 cm³/mol. The quantitative estimate of drug-likeness (QED) is 0.839. The number of hydrogen-bond donors (Lipinski definition) is 0. The summed E-state index contributed by atoms with van der Waals surface area (Å²) in [7, 11) is 0. The van der Waals surface area contributed by atoms with Gasteiger partial charge in [0.1, 0.15) is 6.04 Å². The van der Waals surface area contributed by atoms with E-state index in [1.54, 1.807) is 10.9 Å². The first-order valence-electron chi connectivity index (χ1n) is 7.71. The fourth-order valence-electron chi connectivity index (χ4n) is 4.29. The summed E-state index contributed by atoms with van der Waals surface area (Å²) < 4.78 is 7.76. The van der Waals surface area contributed by atoms with Gasteiger partial charge in [0, 0.05) is 37.3 Å². The average molecular weight is 275 g/mol. The van der Waals surface area contributed by atoms with Gasteiger partial charge in [0.25, 0.3) is 0 Å². The molecule has 0 aliphatic carbocycles. The van der Waals surface area contributed by atoms with Crippen LogP contribution in [-0.2, 0) is 9.53 Å². The molecule has 0 saturated carbocycles. The van der Waals surface area contributed by atoms with E-state index in [4.69, 9.17) is 4.74 Å². The molecule has 3 aliphatic heterocycles. The van der Waals surface area contributed by atoms with Crippen molar-refractivity contribution in [1.82, 2.24) is 14.7 Å². The van der Waals surface area contributed by atoms with Crippen LogP contribution in [0.3, 0.4) is 0 Å². The van der Waals surface area contributed by atoms with Crippen molar-refractivity contribution in [1.29, 1.82) is 0 Å². The van der Waals surface area contributed by atoms with Gasteiger partial charge in [0.2, 0.25) is 5.91 Å². The minimum Gasteiger partial charge on any atom is -0.374 e. The molecular formula is C15H21N3O2. The van der Waals surface area contributed by atoms with Crippen LogP contribution < -0.4 is 0 Å². The zero-order valence-corrected chi connectivity index (χ0v) is 11.8. The highest BCUT2D eigenvalue weighted by atomic mass is 16.5. The van der Waals surface area contributed by atoms with E-state index in [1.807, 2.05) is 19.2 Å². The van der Waals surface area contributed by atoms with Crippen LogP contribution in [0.1, 0.15) is 32.2 Å². The van der Waals surface area contributed by atoms with Gasteiger partial charge < -0.3 is 9.64 Å². The highest BCUT2D eigenvalue weighted by Crippen LogP contribution is 2.47. The molecule has 4 heterocycles. The molecule has 4 rings (SSSR count). The van der Waals surface area contributed by atoms with E-state index in [9.17, 15) is 4.79 Å². The predicted octanol–water partition coefficient (Wildman–Crippen LogP) is 1.47. The Morgan fingerprint density at radius 2 is 2.05 bits per heavy atom. The van der Waals surface area contributed by atoms with Gasteiger partial charge in [0.05, 0.1) is 12.2 Å². The molecule has 0 aromatic carbocycles. The second kappa shape index (κ2) is 4.58. The van der Waals surface area contributed by atoms with E-state index in [0.717, 1.165) is 19.5 Å². The zero-order valence-electron chi connectivity index (χ0n) is 11.8. The number of aromatic nitrogens is 2. The number of rotatable bonds is 3. The van der Waals surface area contributed by atoms with Crippen molar-refractivity contribution in [3.05, 3.63) is 18.5 Å². The first-order chi connectivity index (χ1) is 9.78. The van der Waals surface area contributed by atoms with E-state index < -0.39 is 0 Å². The normalized spacial score (nSPS) is 36.4. The Hall–Kier alpha value is -1.36. The molecule has 1 amide bonds. The highest BCUT2D eigenvalue weighted by Gasteiger charge is 2.54. The Morgan fingerprint density at radius 1 is 1.35 bits per heavy atom. The molecule has 5 atom stereocenters. The third kappa shape index (κ3) is 1.72. The Labute approximate surface area is 118 Å². The van der Waals surface area contributed by atoms with E-state index >= 15 is 0 Å². The second-order valence-corrected chi connectivity index (χ2v) is 6.27. The molecule has 0 radical (unpaired) electrons. The van der Waals surface area contributed by atoms with Gasteiger partial charge in [0.15, 0.2) is 0 Å². The Bertz CT molecular complexity index is 483. The number of hydrogen-bond acceptors (Lipinski definition) is 3. The summed E-state index contributed by atoms with van der Waals surface area (Å²) >= 11 is 0. The van der Waals surface area contributed by atoms with Crippen LogP contribution in [0.4, 0.5) is 0 Å². The molecule has 0 N–H and O–H groups in total. The average Bonchev–Trinajstić information content (AvgIpc) is 3.21. The lowest BCUT2D eigenvalue weighted by Crippen LogP contribution is -2.37. The smallest absolute Gasteiger partial charge is 0.247 e. The first-order valence-corrected chi connectivity index (χ1v) is 7.71. The van der Waals surface area contributed by atoms with Crippen LogP contribution in [0.2, 0.25) is 0 Å². The van der Waals surface area contributed by atoms with Crippen molar-refractivity contribution in [2.24, 2.45) is 11.8 Å². The molecule has 1 aromatic rings. The van der Waals surface area contributed by atoms with E-state index in [1.165, 1.54) is 12.8 Å². The lowest BCUT2D eigenvalue weighted by Gasteiger charge is -2.24. The minimum atomic E-state index is -0.151. The van der Waals surface area contributed by atoms with Crippen LogP contribution in [-0.4, -0.2) is 45.9 Å². The molecule has 1 aromatic heterocycles. The second-order valence-electron chi connectivity index (χ2n) is 6.27. The monoisotopic (exact) mass is 275 g/mol. The summed E-state index contributed by atoms with van der Waals surface area (Å²) in [6.07, 6.45) is 7.60. The first kappa shape index (κ1) is 12.4. The number of nitrogens with zero attached hydrogens (tertiary/aromatic N) is 3. The molecule has 3 fully saturated rings. The van der Waals surface area contributed by atoms with Crippen LogP contribution in [0.5, 0.6) is 0 Å². The number of carbonyl (C=O) groups excluding carboxylic acids is 1. The van der Waals surface area contributed by atoms with Crippen molar-refractivity contribution >= 4 is 5.91 Å². The van der Waals surface area contributed by atoms with Gasteiger partial charge in [-0.1, -0.05) is 6.92 Å². The lowest BCUT2D eigenvalue weighted by molar-refractivity contribution is -0.134. The minimum absolute atomic E-state index is 0.151. The fraction of sp³-hybridized carbons (Fsp3) is 0.733. The Balaban J connectivity index is 1.50. The summed E-state index contributed by atoms with van der Waals surface area (Å²) in [6.45, 7) is 3.80. The number of likely N-dealkylation sites (tertiary alicyclic amines) is 1. The lowest BCUT2D eigenvalue weighted by atomic mass is 9.82. The van der Waals surface area contributed by atoms with E-state index in [-0.39, 0.29) is 11.9 Å². The third-order valence-electron chi connectivity index (χ3n) is 5.28. The van der Waals surface area contributed by atoms with Gasteiger partial charge >= 0.3 is 0 Å². The van der Waals surface area contributed by atoms with Gasteiger partial charge in [-0.2, -0.15) is 5.10 Å².